The second-order valence-corrected chi connectivity index (χ2v) is 5.68. The van der Waals surface area contributed by atoms with Gasteiger partial charge in [0.1, 0.15) is 11.6 Å². The lowest BCUT2D eigenvalue weighted by Gasteiger charge is -2.11. The molecule has 0 aliphatic rings. The Balaban J connectivity index is 2.35. The fourth-order valence-electron chi connectivity index (χ4n) is 1.97. The van der Waals surface area contributed by atoms with Gasteiger partial charge in [-0.15, -0.1) is 0 Å². The van der Waals surface area contributed by atoms with E-state index in [0.717, 1.165) is 12.1 Å². The van der Waals surface area contributed by atoms with Crippen LogP contribution in [0.25, 0.3) is 6.08 Å². The number of nitriles is 1. The molecule has 0 aliphatic heterocycles. The van der Waals surface area contributed by atoms with Crippen LogP contribution in [0.2, 0.25) is 10.0 Å². The number of carbonyl (C=O) groups excluding carboxylic acids is 1. The van der Waals surface area contributed by atoms with Crippen molar-refractivity contribution in [3.8, 4) is 6.07 Å². The molecule has 0 saturated carbocycles. The zero-order chi connectivity index (χ0) is 18.6. The van der Waals surface area contributed by atoms with Gasteiger partial charge in [-0.1, -0.05) is 41.4 Å². The van der Waals surface area contributed by atoms with Crippen LogP contribution in [0.5, 0.6) is 0 Å². The number of rotatable bonds is 3. The topological polar surface area (TPSA) is 52.9 Å². The Morgan fingerprint density at radius 1 is 1.16 bits per heavy atom. The zero-order valence-corrected chi connectivity index (χ0v) is 13.9. The molecule has 0 radical (unpaired) electrons. The van der Waals surface area contributed by atoms with Crippen molar-refractivity contribution < 1.29 is 18.0 Å². The molecule has 0 saturated heterocycles. The van der Waals surface area contributed by atoms with Crippen LogP contribution in [0.3, 0.4) is 0 Å². The van der Waals surface area contributed by atoms with Gasteiger partial charge in [-0.3, -0.25) is 4.79 Å². The van der Waals surface area contributed by atoms with E-state index in [1.165, 1.54) is 36.4 Å². The maximum absolute atomic E-state index is 13.0. The van der Waals surface area contributed by atoms with Crippen molar-refractivity contribution in [3.05, 3.63) is 69.2 Å². The molecule has 0 aromatic heterocycles. The van der Waals surface area contributed by atoms with Gasteiger partial charge >= 0.3 is 6.18 Å². The minimum atomic E-state index is -4.61. The normalized spacial score (nSPS) is 11.8. The number of hydrogen-bond acceptors (Lipinski definition) is 2. The predicted molar refractivity (Wildman–Crippen MR) is 90.1 cm³/mol. The molecule has 2 aromatic rings. The number of benzene rings is 2. The highest BCUT2D eigenvalue weighted by Crippen LogP contribution is 2.33. The molecule has 128 valence electrons. The lowest BCUT2D eigenvalue weighted by Crippen LogP contribution is -2.14. The first-order chi connectivity index (χ1) is 11.7. The van der Waals surface area contributed by atoms with Gasteiger partial charge in [0.15, 0.2) is 0 Å². The first-order valence-corrected chi connectivity index (χ1v) is 7.52. The fourth-order valence-corrected chi connectivity index (χ4v) is 2.42. The molecule has 0 aliphatic carbocycles. The minimum absolute atomic E-state index is 0.133. The molecular weight excluding hydrogens is 376 g/mol. The Morgan fingerprint density at radius 2 is 1.84 bits per heavy atom. The summed E-state index contributed by atoms with van der Waals surface area (Å²) in [5, 5.41) is 12.0. The number of hydrogen-bond donors (Lipinski definition) is 1. The van der Waals surface area contributed by atoms with E-state index in [1.54, 1.807) is 6.07 Å². The number of alkyl halides is 3. The highest BCUT2D eigenvalue weighted by molar-refractivity contribution is 6.36. The third-order valence-electron chi connectivity index (χ3n) is 3.11. The standard InChI is InChI=1S/C17H9Cl2F3N2O/c18-12-5-6-15(14(19)8-12)24-16(25)11(9-23)7-10-3-1-2-4-13(10)17(20,21)22/h1-8H,(H,24,25)/b11-7+. The zero-order valence-electron chi connectivity index (χ0n) is 12.4. The summed E-state index contributed by atoms with van der Waals surface area (Å²) in [4.78, 5) is 12.2. The van der Waals surface area contributed by atoms with Crippen LogP contribution in [0, 0.1) is 11.3 Å². The molecule has 3 nitrogen and oxygen atoms in total. The summed E-state index contributed by atoms with van der Waals surface area (Å²) in [5.74, 6) is -0.885. The Kier molecular flexibility index (Phi) is 5.73. The SMILES string of the molecule is N#C/C(=C\c1ccccc1C(F)(F)F)C(=O)Nc1ccc(Cl)cc1Cl. The van der Waals surface area contributed by atoms with Crippen LogP contribution in [-0.4, -0.2) is 5.91 Å². The third kappa shape index (κ3) is 4.75. The van der Waals surface area contributed by atoms with Crippen LogP contribution >= 0.6 is 23.2 Å². The van der Waals surface area contributed by atoms with Crippen molar-refractivity contribution in [2.24, 2.45) is 0 Å². The second kappa shape index (κ2) is 7.60. The number of nitrogens with zero attached hydrogens (tertiary/aromatic N) is 1. The third-order valence-corrected chi connectivity index (χ3v) is 3.66. The van der Waals surface area contributed by atoms with E-state index in [0.29, 0.717) is 5.02 Å². The summed E-state index contributed by atoms with van der Waals surface area (Å²) in [5.41, 5.74) is -1.55. The molecule has 2 rings (SSSR count). The molecule has 0 atom stereocenters. The van der Waals surface area contributed by atoms with Gasteiger partial charge in [0.2, 0.25) is 0 Å². The molecule has 25 heavy (non-hydrogen) atoms. The van der Waals surface area contributed by atoms with Crippen molar-refractivity contribution in [3.63, 3.8) is 0 Å². The Morgan fingerprint density at radius 3 is 2.44 bits per heavy atom. The first-order valence-electron chi connectivity index (χ1n) is 6.77. The second-order valence-electron chi connectivity index (χ2n) is 4.83. The summed E-state index contributed by atoms with van der Waals surface area (Å²) >= 11 is 11.7. The molecule has 0 heterocycles. The van der Waals surface area contributed by atoms with Crippen LogP contribution in [0.4, 0.5) is 18.9 Å². The Labute approximate surface area is 151 Å². The van der Waals surface area contributed by atoms with E-state index in [1.807, 2.05) is 0 Å². The number of amides is 1. The lowest BCUT2D eigenvalue weighted by atomic mass is 10.0. The molecule has 0 spiro atoms. The van der Waals surface area contributed by atoms with Crippen LogP contribution in [0.15, 0.2) is 48.0 Å². The van der Waals surface area contributed by atoms with Gasteiger partial charge in [0, 0.05) is 5.02 Å². The molecule has 0 fully saturated rings. The van der Waals surface area contributed by atoms with Gasteiger partial charge in [-0.25, -0.2) is 0 Å². The van der Waals surface area contributed by atoms with E-state index in [4.69, 9.17) is 28.5 Å². The lowest BCUT2D eigenvalue weighted by molar-refractivity contribution is -0.137. The largest absolute Gasteiger partial charge is 0.416 e. The number of nitrogens with one attached hydrogen (secondary N) is 1. The molecule has 0 unspecified atom stereocenters. The summed E-state index contributed by atoms with van der Waals surface area (Å²) < 4.78 is 39.0. The average molecular weight is 385 g/mol. The van der Waals surface area contributed by atoms with Crippen molar-refractivity contribution in [2.45, 2.75) is 6.18 Å². The molecule has 2 aromatic carbocycles. The summed E-state index contributed by atoms with van der Waals surface area (Å²) in [6.45, 7) is 0. The predicted octanol–water partition coefficient (Wildman–Crippen LogP) is 5.56. The van der Waals surface area contributed by atoms with Crippen molar-refractivity contribution >= 4 is 40.9 Å². The Bertz CT molecular complexity index is 886. The van der Waals surface area contributed by atoms with E-state index < -0.39 is 23.2 Å². The van der Waals surface area contributed by atoms with Crippen molar-refractivity contribution in [1.82, 2.24) is 0 Å². The molecular formula is C17H9Cl2F3N2O. The molecule has 0 bridgehead atoms. The number of halogens is 5. The summed E-state index contributed by atoms with van der Waals surface area (Å²) in [6.07, 6.45) is -3.73. The maximum atomic E-state index is 13.0. The average Bonchev–Trinajstić information content (AvgIpc) is 2.54. The van der Waals surface area contributed by atoms with Crippen LogP contribution < -0.4 is 5.32 Å². The van der Waals surface area contributed by atoms with E-state index in [9.17, 15) is 18.0 Å². The quantitative estimate of drug-likeness (QED) is 0.556. The van der Waals surface area contributed by atoms with E-state index in [-0.39, 0.29) is 16.3 Å². The van der Waals surface area contributed by atoms with Gasteiger partial charge in [0.25, 0.3) is 5.91 Å². The van der Waals surface area contributed by atoms with Gasteiger partial charge in [-0.05, 0) is 35.9 Å². The highest BCUT2D eigenvalue weighted by Gasteiger charge is 2.32. The number of carbonyl (C=O) groups is 1. The summed E-state index contributed by atoms with van der Waals surface area (Å²) in [7, 11) is 0. The van der Waals surface area contributed by atoms with Crippen LogP contribution in [-0.2, 0) is 11.0 Å². The van der Waals surface area contributed by atoms with Crippen molar-refractivity contribution in [2.75, 3.05) is 5.32 Å². The first kappa shape index (κ1) is 18.8. The van der Waals surface area contributed by atoms with Gasteiger partial charge < -0.3 is 5.32 Å². The summed E-state index contributed by atoms with van der Waals surface area (Å²) in [6, 6.07) is 10.5. The molecule has 1 N–H and O–H groups in total. The monoisotopic (exact) mass is 384 g/mol. The Hall–Kier alpha value is -2.49. The van der Waals surface area contributed by atoms with Gasteiger partial charge in [-0.2, -0.15) is 18.4 Å². The van der Waals surface area contributed by atoms with Gasteiger partial charge in [0.05, 0.1) is 16.3 Å². The smallest absolute Gasteiger partial charge is 0.320 e. The number of anilines is 1. The van der Waals surface area contributed by atoms with Crippen LogP contribution in [0.1, 0.15) is 11.1 Å². The molecule has 1 amide bonds. The fraction of sp³-hybridized carbons (Fsp3) is 0.0588. The highest BCUT2D eigenvalue weighted by atomic mass is 35.5. The van der Waals surface area contributed by atoms with E-state index >= 15 is 0 Å². The van der Waals surface area contributed by atoms with Crippen molar-refractivity contribution in [1.29, 1.82) is 5.26 Å². The van der Waals surface area contributed by atoms with E-state index in [2.05, 4.69) is 5.32 Å². The maximum Gasteiger partial charge on any atom is 0.416 e. The minimum Gasteiger partial charge on any atom is -0.320 e. The molecule has 8 heteroatoms.